The first-order valence-corrected chi connectivity index (χ1v) is 10.5. The first-order chi connectivity index (χ1) is 15.7. The average molecular weight is 529 g/mol. The fourth-order valence-corrected chi connectivity index (χ4v) is 4.50. The van der Waals surface area contributed by atoms with Gasteiger partial charge >= 0.3 is 6.18 Å². The summed E-state index contributed by atoms with van der Waals surface area (Å²) in [4.78, 5) is 6.05. The van der Waals surface area contributed by atoms with E-state index in [9.17, 15) is 13.2 Å². The zero-order chi connectivity index (χ0) is 23.4. The van der Waals surface area contributed by atoms with Crippen LogP contribution in [-0.2, 0) is 0 Å². The van der Waals surface area contributed by atoms with E-state index in [2.05, 4.69) is 15.2 Å². The zero-order valence-corrected chi connectivity index (χ0v) is 20.6. The van der Waals surface area contributed by atoms with Crippen LogP contribution in [0.15, 0.2) is 48.7 Å². The Labute approximate surface area is 212 Å². The maximum absolute atomic E-state index is 14.2. The maximum Gasteiger partial charge on any atom is 0.408 e. The summed E-state index contributed by atoms with van der Waals surface area (Å²) in [6, 6.07) is 10.4. The number of ether oxygens (including phenoxy) is 1. The fraction of sp³-hybridized carbons (Fsp3) is 0.348. The largest absolute Gasteiger partial charge is 0.494 e. The number of rotatable bonds is 4. The van der Waals surface area contributed by atoms with Crippen molar-refractivity contribution in [2.75, 3.05) is 20.2 Å². The van der Waals surface area contributed by atoms with Crippen LogP contribution in [0.4, 0.5) is 13.2 Å². The molecular weight excluding hydrogens is 504 g/mol. The molecule has 1 saturated heterocycles. The summed E-state index contributed by atoms with van der Waals surface area (Å²) in [6.07, 6.45) is -2.51. The lowest BCUT2D eigenvalue weighted by Gasteiger charge is -2.31. The quantitative estimate of drug-likeness (QED) is 0.408. The minimum absolute atomic E-state index is 0. The van der Waals surface area contributed by atoms with Crippen molar-refractivity contribution in [2.24, 2.45) is 5.73 Å². The first-order valence-electron chi connectivity index (χ1n) is 10.5. The topological polar surface area (TPSA) is 81.6 Å². The van der Waals surface area contributed by atoms with E-state index in [-0.39, 0.29) is 43.5 Å². The van der Waals surface area contributed by atoms with Crippen LogP contribution in [0.5, 0.6) is 5.75 Å². The van der Waals surface area contributed by atoms with Crippen molar-refractivity contribution in [2.45, 2.75) is 31.1 Å². The second-order valence-electron chi connectivity index (χ2n) is 8.76. The lowest BCUT2D eigenvalue weighted by atomic mass is 10.0. The molecule has 35 heavy (non-hydrogen) atoms. The van der Waals surface area contributed by atoms with Gasteiger partial charge in [-0.15, -0.1) is 35.0 Å². The number of halogens is 5. The van der Waals surface area contributed by atoms with E-state index in [1.54, 1.807) is 36.6 Å². The number of benzene rings is 1. The minimum Gasteiger partial charge on any atom is -0.494 e. The maximum atomic E-state index is 14.2. The zero-order valence-electron chi connectivity index (χ0n) is 19.0. The van der Waals surface area contributed by atoms with Gasteiger partial charge in [0.25, 0.3) is 0 Å². The smallest absolute Gasteiger partial charge is 0.408 e. The fourth-order valence-electron chi connectivity index (χ4n) is 4.50. The summed E-state index contributed by atoms with van der Waals surface area (Å²) in [7, 11) is 1.56. The molecule has 4 aromatic rings. The van der Waals surface area contributed by atoms with Gasteiger partial charge in [0.2, 0.25) is 0 Å². The van der Waals surface area contributed by atoms with Crippen molar-refractivity contribution < 1.29 is 17.9 Å². The van der Waals surface area contributed by atoms with Crippen molar-refractivity contribution in [3.63, 3.8) is 0 Å². The van der Waals surface area contributed by atoms with Crippen LogP contribution in [-0.4, -0.2) is 56.4 Å². The number of alkyl halides is 3. The second-order valence-corrected chi connectivity index (χ2v) is 8.76. The van der Waals surface area contributed by atoms with E-state index < -0.39 is 17.8 Å². The molecule has 1 fully saturated rings. The SMILES string of the molecule is COc1cccc2ccc(-c3nnc4ccc([C@@H](N5CCC(C)(N)C5)C(F)(F)F)cn34)nc12.Cl.Cl. The minimum atomic E-state index is -4.46. The predicted octanol–water partition coefficient (Wildman–Crippen LogP) is 4.82. The van der Waals surface area contributed by atoms with E-state index in [4.69, 9.17) is 10.5 Å². The molecule has 1 aromatic carbocycles. The molecule has 5 rings (SSSR count). The standard InChI is InChI=1S/C23H23F3N6O.2ClH/c1-22(27)10-11-31(13-22)20(23(24,25)26)15-7-9-18-29-30-21(32(18)12-15)16-8-6-14-4-3-5-17(33-2)19(14)28-16;;/h3-9,12,20H,10-11,13,27H2,1-2H3;2*1H/t20-,22?;;/m1../s1. The number of nitrogens with two attached hydrogens (primary N) is 1. The molecule has 0 saturated carbocycles. The molecule has 1 aliphatic heterocycles. The van der Waals surface area contributed by atoms with Gasteiger partial charge in [0, 0.05) is 30.2 Å². The predicted molar refractivity (Wildman–Crippen MR) is 132 cm³/mol. The Balaban J connectivity index is 0.00000171. The number of para-hydroxylation sites is 1. The molecule has 0 aliphatic carbocycles. The Bertz CT molecular complexity index is 1340. The molecule has 2 atom stereocenters. The molecule has 0 amide bonds. The number of hydrogen-bond donors (Lipinski definition) is 1. The Hall–Kier alpha value is -2.66. The van der Waals surface area contributed by atoms with Crippen LogP contribution in [0.1, 0.15) is 24.9 Å². The van der Waals surface area contributed by atoms with Crippen molar-refractivity contribution in [3.8, 4) is 17.3 Å². The second kappa shape index (κ2) is 9.77. The van der Waals surface area contributed by atoms with Crippen molar-refractivity contribution in [3.05, 3.63) is 54.2 Å². The molecule has 0 bridgehead atoms. The average Bonchev–Trinajstić information content (AvgIpc) is 3.34. The molecule has 188 valence electrons. The highest BCUT2D eigenvalue weighted by Gasteiger charge is 2.48. The Morgan fingerprint density at radius 3 is 2.51 bits per heavy atom. The van der Waals surface area contributed by atoms with Crippen LogP contribution in [0, 0.1) is 0 Å². The van der Waals surface area contributed by atoms with Gasteiger partial charge in [0.05, 0.1) is 7.11 Å². The first kappa shape index (κ1) is 26.9. The summed E-state index contributed by atoms with van der Waals surface area (Å²) in [6.45, 7) is 2.22. The summed E-state index contributed by atoms with van der Waals surface area (Å²) in [5.74, 6) is 0.950. The lowest BCUT2D eigenvalue weighted by molar-refractivity contribution is -0.184. The number of nitrogens with zero attached hydrogens (tertiary/aromatic N) is 5. The summed E-state index contributed by atoms with van der Waals surface area (Å²) >= 11 is 0. The van der Waals surface area contributed by atoms with Crippen LogP contribution in [0.3, 0.4) is 0 Å². The van der Waals surface area contributed by atoms with Crippen molar-refractivity contribution >= 4 is 41.4 Å². The van der Waals surface area contributed by atoms with Gasteiger partial charge in [0.1, 0.15) is 23.0 Å². The molecule has 0 spiro atoms. The normalized spacial score (nSPS) is 19.4. The van der Waals surface area contributed by atoms with Crippen molar-refractivity contribution in [1.82, 2.24) is 24.5 Å². The monoisotopic (exact) mass is 528 g/mol. The third-order valence-corrected chi connectivity index (χ3v) is 6.08. The molecule has 7 nitrogen and oxygen atoms in total. The van der Waals surface area contributed by atoms with E-state index in [1.165, 1.54) is 17.2 Å². The van der Waals surface area contributed by atoms with Crippen LogP contribution in [0.25, 0.3) is 28.1 Å². The Kier molecular flexibility index (Phi) is 7.52. The highest BCUT2D eigenvalue weighted by molar-refractivity contribution is 5.86. The van der Waals surface area contributed by atoms with Gasteiger partial charge in [-0.2, -0.15) is 13.2 Å². The summed E-state index contributed by atoms with van der Waals surface area (Å²) in [5.41, 5.74) is 7.12. The Morgan fingerprint density at radius 1 is 1.09 bits per heavy atom. The van der Waals surface area contributed by atoms with Gasteiger partial charge in [0.15, 0.2) is 11.5 Å². The Morgan fingerprint density at radius 2 is 1.86 bits per heavy atom. The molecule has 2 N–H and O–H groups in total. The highest BCUT2D eigenvalue weighted by Crippen LogP contribution is 2.41. The van der Waals surface area contributed by atoms with Crippen LogP contribution in [0.2, 0.25) is 0 Å². The van der Waals surface area contributed by atoms with Crippen molar-refractivity contribution in [1.29, 1.82) is 0 Å². The third-order valence-electron chi connectivity index (χ3n) is 6.08. The van der Waals surface area contributed by atoms with E-state index in [0.717, 1.165) is 5.39 Å². The molecule has 1 aliphatic rings. The number of aromatic nitrogens is 4. The molecule has 1 unspecified atom stereocenters. The molecule has 3 aromatic heterocycles. The molecular formula is C23H25Cl2F3N6O. The van der Waals surface area contributed by atoms with Gasteiger partial charge in [-0.25, -0.2) is 4.98 Å². The number of likely N-dealkylation sites (tertiary alicyclic amines) is 1. The summed E-state index contributed by atoms with van der Waals surface area (Å²) in [5, 5.41) is 9.21. The number of methoxy groups -OCH3 is 1. The number of hydrogen-bond acceptors (Lipinski definition) is 6. The van der Waals surface area contributed by atoms with Crippen LogP contribution < -0.4 is 10.5 Å². The summed E-state index contributed by atoms with van der Waals surface area (Å²) < 4.78 is 49.5. The molecule has 4 heterocycles. The van der Waals surface area contributed by atoms with Gasteiger partial charge in [-0.3, -0.25) is 9.30 Å². The lowest BCUT2D eigenvalue weighted by Crippen LogP contribution is -2.43. The number of pyridine rings is 2. The van der Waals surface area contributed by atoms with E-state index >= 15 is 0 Å². The molecule has 12 heteroatoms. The van der Waals surface area contributed by atoms with E-state index in [1.807, 2.05) is 18.2 Å². The third kappa shape index (κ3) is 5.02. The van der Waals surface area contributed by atoms with Gasteiger partial charge in [-0.05, 0) is 37.1 Å². The highest BCUT2D eigenvalue weighted by atomic mass is 35.5. The molecule has 0 radical (unpaired) electrons. The number of fused-ring (bicyclic) bond motifs is 2. The van der Waals surface area contributed by atoms with Gasteiger partial charge < -0.3 is 10.5 Å². The van der Waals surface area contributed by atoms with Gasteiger partial charge in [-0.1, -0.05) is 24.3 Å². The van der Waals surface area contributed by atoms with E-state index in [0.29, 0.717) is 34.9 Å². The van der Waals surface area contributed by atoms with Crippen LogP contribution >= 0.6 is 24.8 Å².